The van der Waals surface area contributed by atoms with Gasteiger partial charge in [0.1, 0.15) is 17.8 Å². The Balaban J connectivity index is 1.22. The number of hydrogen-bond acceptors (Lipinski definition) is 10. The summed E-state index contributed by atoms with van der Waals surface area (Å²) in [5.74, 6) is -1.19. The number of hydrogen-bond donors (Lipinski definition) is 2. The number of carbonyl (C=O) groups is 1. The van der Waals surface area contributed by atoms with Crippen LogP contribution < -0.4 is 9.40 Å². The maximum Gasteiger partial charge on any atom is 0.333 e. The lowest BCUT2D eigenvalue weighted by molar-refractivity contribution is -0.696. The van der Waals surface area contributed by atoms with Crippen molar-refractivity contribution in [2.45, 2.75) is 46.1 Å². The number of aromatic nitrogens is 5. The molecule has 0 fully saturated rings. The molecule has 0 atom stereocenters. The minimum atomic E-state index is -0.525. The summed E-state index contributed by atoms with van der Waals surface area (Å²) in [6.07, 6.45) is 6.53. The molecule has 0 saturated carbocycles. The molecule has 10 nitrogen and oxygen atoms in total. The molecule has 6 heterocycles. The van der Waals surface area contributed by atoms with Gasteiger partial charge in [0, 0.05) is 46.4 Å². The number of aromatic hydroxyl groups is 2. The van der Waals surface area contributed by atoms with E-state index in [4.69, 9.17) is 14.5 Å². The second-order valence-corrected chi connectivity index (χ2v) is 12.2. The molecule has 0 unspecified atom stereocenters. The van der Waals surface area contributed by atoms with Crippen molar-refractivity contribution in [2.75, 3.05) is 0 Å². The van der Waals surface area contributed by atoms with Gasteiger partial charge in [0.05, 0.1) is 16.1 Å². The predicted octanol–water partition coefficient (Wildman–Crippen LogP) is 6.07. The van der Waals surface area contributed by atoms with Crippen LogP contribution in [0, 0.1) is 13.8 Å². The second kappa shape index (κ2) is 11.7. The van der Waals surface area contributed by atoms with Crippen molar-refractivity contribution in [3.05, 3.63) is 70.7 Å². The van der Waals surface area contributed by atoms with Crippen LogP contribution in [0.2, 0.25) is 0 Å². The molecule has 0 saturated heterocycles. The van der Waals surface area contributed by atoms with E-state index in [9.17, 15) is 15.0 Å². The van der Waals surface area contributed by atoms with Gasteiger partial charge in [0.15, 0.2) is 17.9 Å². The molecule has 6 rings (SSSR count). The van der Waals surface area contributed by atoms with E-state index in [2.05, 4.69) is 58.5 Å². The first-order chi connectivity index (χ1) is 20.4. The van der Waals surface area contributed by atoms with E-state index in [1.165, 1.54) is 17.0 Å². The Morgan fingerprint density at radius 3 is 2.55 bits per heavy atom. The van der Waals surface area contributed by atoms with Gasteiger partial charge >= 0.3 is 5.97 Å². The molecule has 0 aliphatic rings. The van der Waals surface area contributed by atoms with Crippen LogP contribution in [0.15, 0.2) is 64.9 Å². The number of fused-ring (bicyclic) bond motifs is 1. The molecular formula is C30H28N5O5S2+. The molecule has 0 radical (unpaired) electrons. The van der Waals surface area contributed by atoms with Gasteiger partial charge < -0.3 is 15.1 Å². The zero-order chi connectivity index (χ0) is 29.2. The molecule has 0 bridgehead atoms. The monoisotopic (exact) mass is 602 g/mol. The van der Waals surface area contributed by atoms with E-state index >= 15 is 0 Å². The lowest BCUT2D eigenvalue weighted by atomic mass is 10.0. The van der Waals surface area contributed by atoms with Crippen LogP contribution in [0.1, 0.15) is 36.1 Å². The third-order valence-corrected chi connectivity index (χ3v) is 8.85. The number of pyridine rings is 2. The van der Waals surface area contributed by atoms with Gasteiger partial charge in [0.2, 0.25) is 11.8 Å². The number of carbonyl (C=O) groups excluding carboxylic acids is 1. The largest absolute Gasteiger partial charge is 0.492 e. The Kier molecular flexibility index (Phi) is 7.72. The lowest BCUT2D eigenvalue weighted by Crippen LogP contribution is -2.32. The fourth-order valence-electron chi connectivity index (χ4n) is 4.76. The normalized spacial score (nSPS) is 11.4. The summed E-state index contributed by atoms with van der Waals surface area (Å²) in [6, 6.07) is 12.8. The van der Waals surface area contributed by atoms with E-state index in [0.717, 1.165) is 57.2 Å². The van der Waals surface area contributed by atoms with Gasteiger partial charge in [-0.25, -0.2) is 19.0 Å². The van der Waals surface area contributed by atoms with Crippen molar-refractivity contribution in [3.8, 4) is 44.0 Å². The summed E-state index contributed by atoms with van der Waals surface area (Å²) < 4.78 is 8.09. The first-order valence-electron chi connectivity index (χ1n) is 13.5. The minimum absolute atomic E-state index is 0.173. The van der Waals surface area contributed by atoms with Crippen LogP contribution in [0.4, 0.5) is 0 Å². The number of unbranched alkanes of at least 4 members (excludes halogenated alkanes) is 2. The molecule has 0 spiro atoms. The zero-order valence-corrected chi connectivity index (χ0v) is 24.6. The smallest absolute Gasteiger partial charge is 0.333 e. The highest BCUT2D eigenvalue weighted by Gasteiger charge is 2.24. The molecule has 12 heteroatoms. The summed E-state index contributed by atoms with van der Waals surface area (Å²) in [7, 11) is 0. The number of aryl methyl sites for hydroxylation is 3. The van der Waals surface area contributed by atoms with Crippen molar-refractivity contribution >= 4 is 39.7 Å². The van der Waals surface area contributed by atoms with Crippen LogP contribution >= 0.6 is 22.7 Å². The first-order valence-corrected chi connectivity index (χ1v) is 15.2. The summed E-state index contributed by atoms with van der Waals surface area (Å²) in [4.78, 5) is 25.5. The van der Waals surface area contributed by atoms with Crippen LogP contribution in [-0.4, -0.2) is 36.2 Å². The Hall–Kier alpha value is -4.55. The molecule has 214 valence electrons. The van der Waals surface area contributed by atoms with Crippen molar-refractivity contribution in [1.82, 2.24) is 20.0 Å². The number of rotatable bonds is 10. The Morgan fingerprint density at radius 2 is 1.81 bits per heavy atom. The van der Waals surface area contributed by atoms with Crippen LogP contribution in [-0.2, 0) is 11.3 Å². The molecule has 0 aliphatic heterocycles. The zero-order valence-electron chi connectivity index (χ0n) is 23.0. The lowest BCUT2D eigenvalue weighted by Gasteiger charge is -2.10. The van der Waals surface area contributed by atoms with Gasteiger partial charge in [-0.15, -0.1) is 27.4 Å². The average Bonchev–Trinajstić information content (AvgIpc) is 3.79. The van der Waals surface area contributed by atoms with Crippen molar-refractivity contribution < 1.29 is 29.0 Å². The van der Waals surface area contributed by atoms with Gasteiger partial charge in [-0.1, -0.05) is 0 Å². The first kappa shape index (κ1) is 27.6. The Bertz CT molecular complexity index is 1870. The highest BCUT2D eigenvalue weighted by Crippen LogP contribution is 2.42. The summed E-state index contributed by atoms with van der Waals surface area (Å²) >= 11 is 3.30. The van der Waals surface area contributed by atoms with Crippen molar-refractivity contribution in [3.63, 3.8) is 0 Å². The maximum atomic E-state index is 12.1. The van der Waals surface area contributed by atoms with E-state index in [0.29, 0.717) is 22.2 Å². The van der Waals surface area contributed by atoms with Gasteiger partial charge in [-0.05, 0) is 72.2 Å². The highest BCUT2D eigenvalue weighted by atomic mass is 32.1. The minimum Gasteiger partial charge on any atom is -0.492 e. The molecule has 2 N–H and O–H groups in total. The molecule has 0 aromatic carbocycles. The quantitative estimate of drug-likeness (QED) is 0.143. The van der Waals surface area contributed by atoms with Gasteiger partial charge in [-0.2, -0.15) is 0 Å². The average molecular weight is 603 g/mol. The fraction of sp³-hybridized carbons (Fsp3) is 0.233. The summed E-state index contributed by atoms with van der Waals surface area (Å²) in [5.41, 5.74) is 5.91. The standard InChI is InChI=1S/C30H27N5O5S2/c1-18-15-22(41-17-18)26-27(31-28(21-10-9-19(2)42-21)30-29(26)32-40-33-30)20-7-6-14-34(16-20)13-5-3-4-8-25(38)39-35-23(36)11-12-24(35)37/h6-7,9-12,14-17H,3-5,8,13H2,1-2H3,(H-,31,32,33,36,37)/p+1. The van der Waals surface area contributed by atoms with Gasteiger partial charge in [-0.3, -0.25) is 0 Å². The summed E-state index contributed by atoms with van der Waals surface area (Å²) in [6.45, 7) is 4.88. The molecular weight excluding hydrogens is 574 g/mol. The van der Waals surface area contributed by atoms with Crippen molar-refractivity contribution in [2.24, 2.45) is 0 Å². The van der Waals surface area contributed by atoms with E-state index in [-0.39, 0.29) is 18.2 Å². The Morgan fingerprint density at radius 1 is 1.00 bits per heavy atom. The van der Waals surface area contributed by atoms with Gasteiger partial charge in [0.25, 0.3) is 0 Å². The highest BCUT2D eigenvalue weighted by molar-refractivity contribution is 7.15. The number of nitrogens with zero attached hydrogens (tertiary/aromatic N) is 5. The Labute approximate surface area is 249 Å². The van der Waals surface area contributed by atoms with E-state index < -0.39 is 5.97 Å². The number of thiophene rings is 2. The SMILES string of the molecule is Cc1csc(-c2c(-c3ccc[n+](CCCCCC(=O)On4c(O)ccc4O)c3)nc(-c3ccc(C)s3)c3nonc23)c1. The third kappa shape index (κ3) is 5.63. The molecule has 6 aromatic rings. The van der Waals surface area contributed by atoms with Crippen molar-refractivity contribution in [1.29, 1.82) is 0 Å². The summed E-state index contributed by atoms with van der Waals surface area (Å²) in [5, 5.41) is 29.9. The molecule has 0 amide bonds. The fourth-order valence-corrected chi connectivity index (χ4v) is 6.57. The topological polar surface area (TPSA) is 127 Å². The maximum absolute atomic E-state index is 12.1. The van der Waals surface area contributed by atoms with E-state index in [1.54, 1.807) is 22.7 Å². The molecule has 42 heavy (non-hydrogen) atoms. The third-order valence-electron chi connectivity index (χ3n) is 6.78. The second-order valence-electron chi connectivity index (χ2n) is 9.99. The molecule has 6 aromatic heterocycles. The van der Waals surface area contributed by atoms with Crippen LogP contribution in [0.3, 0.4) is 0 Å². The van der Waals surface area contributed by atoms with Crippen LogP contribution in [0.25, 0.3) is 43.3 Å². The predicted molar refractivity (Wildman–Crippen MR) is 159 cm³/mol. The molecule has 0 aliphatic carbocycles. The van der Waals surface area contributed by atoms with E-state index in [1.807, 2.05) is 18.3 Å². The van der Waals surface area contributed by atoms with Crippen LogP contribution in [0.5, 0.6) is 11.8 Å².